The molecule has 0 radical (unpaired) electrons. The van der Waals surface area contributed by atoms with Crippen molar-refractivity contribution >= 4 is 12.2 Å². The SMILES string of the molecule is CC1=C[C@@H]2c3c(O)cc(/C=C/c4ccc(O)cc4O)cc3OC3(c4ccc(O)c(CCC(C)(C)O)c4O)Oc4cc(O)ccc4[C@@H](C1)[C@H]23. The van der Waals surface area contributed by atoms with E-state index in [4.69, 9.17) is 9.47 Å². The minimum absolute atomic E-state index is 0.00142. The van der Waals surface area contributed by atoms with Crippen LogP contribution in [-0.2, 0) is 12.2 Å². The molecular formula is C39H38O9. The lowest BCUT2D eigenvalue weighted by Crippen LogP contribution is -2.56. The van der Waals surface area contributed by atoms with Gasteiger partial charge in [0, 0.05) is 40.7 Å². The number of phenols is 6. The summed E-state index contributed by atoms with van der Waals surface area (Å²) in [5, 5.41) is 75.3. The van der Waals surface area contributed by atoms with E-state index >= 15 is 0 Å². The van der Waals surface area contributed by atoms with Gasteiger partial charge in [-0.05, 0) is 93.6 Å². The Hall–Kier alpha value is -5.28. The number of rotatable bonds is 6. The molecule has 4 atom stereocenters. The molecule has 2 heterocycles. The molecular weight excluding hydrogens is 612 g/mol. The van der Waals surface area contributed by atoms with Crippen LogP contribution in [0.25, 0.3) is 12.2 Å². The quantitative estimate of drug-likeness (QED) is 0.0841. The van der Waals surface area contributed by atoms with E-state index in [1.807, 2.05) is 13.0 Å². The van der Waals surface area contributed by atoms with Crippen LogP contribution in [0.5, 0.6) is 46.0 Å². The van der Waals surface area contributed by atoms with E-state index in [2.05, 4.69) is 6.08 Å². The van der Waals surface area contributed by atoms with E-state index in [1.54, 1.807) is 56.3 Å². The summed E-state index contributed by atoms with van der Waals surface area (Å²) < 4.78 is 13.7. The van der Waals surface area contributed by atoms with Gasteiger partial charge in [0.1, 0.15) is 46.0 Å². The third-order valence-electron chi connectivity index (χ3n) is 9.75. The maximum Gasteiger partial charge on any atom is 0.285 e. The third-order valence-corrected chi connectivity index (χ3v) is 9.75. The van der Waals surface area contributed by atoms with Gasteiger partial charge in [-0.15, -0.1) is 0 Å². The molecule has 9 nitrogen and oxygen atoms in total. The fraction of sp³-hybridized carbons (Fsp3) is 0.282. The molecule has 3 aliphatic rings. The predicted molar refractivity (Wildman–Crippen MR) is 180 cm³/mol. The predicted octanol–water partition coefficient (Wildman–Crippen LogP) is 7.27. The van der Waals surface area contributed by atoms with Gasteiger partial charge in [0.05, 0.1) is 17.1 Å². The molecule has 9 heteroatoms. The smallest absolute Gasteiger partial charge is 0.285 e. The van der Waals surface area contributed by atoms with Crippen LogP contribution >= 0.6 is 0 Å². The summed E-state index contributed by atoms with van der Waals surface area (Å²) in [7, 11) is 0. The van der Waals surface area contributed by atoms with E-state index in [-0.39, 0.29) is 64.4 Å². The monoisotopic (exact) mass is 650 g/mol. The van der Waals surface area contributed by atoms with E-state index in [0.717, 1.165) is 11.1 Å². The first kappa shape index (κ1) is 31.3. The minimum atomic E-state index is -1.66. The Labute approximate surface area is 277 Å². The Balaban J connectivity index is 1.43. The molecule has 1 unspecified atom stereocenters. The van der Waals surface area contributed by atoms with Gasteiger partial charge in [0.15, 0.2) is 0 Å². The molecule has 7 rings (SSSR count). The lowest BCUT2D eigenvalue weighted by molar-refractivity contribution is -0.198. The molecule has 0 saturated carbocycles. The maximum absolute atomic E-state index is 11.9. The Morgan fingerprint density at radius 2 is 1.54 bits per heavy atom. The van der Waals surface area contributed by atoms with Gasteiger partial charge in [-0.2, -0.15) is 0 Å². The summed E-state index contributed by atoms with van der Waals surface area (Å²) in [5.74, 6) is -2.58. The largest absolute Gasteiger partial charge is 0.508 e. The Morgan fingerprint density at radius 1 is 0.812 bits per heavy atom. The van der Waals surface area contributed by atoms with Crippen molar-refractivity contribution in [3.63, 3.8) is 0 Å². The van der Waals surface area contributed by atoms with Gasteiger partial charge in [0.25, 0.3) is 5.79 Å². The zero-order chi connectivity index (χ0) is 34.1. The molecule has 48 heavy (non-hydrogen) atoms. The van der Waals surface area contributed by atoms with Crippen molar-refractivity contribution in [3.8, 4) is 46.0 Å². The first-order valence-corrected chi connectivity index (χ1v) is 16.0. The third kappa shape index (κ3) is 5.24. The second-order valence-electron chi connectivity index (χ2n) is 13.8. The minimum Gasteiger partial charge on any atom is -0.508 e. The summed E-state index contributed by atoms with van der Waals surface area (Å²) in [4.78, 5) is 0. The summed E-state index contributed by atoms with van der Waals surface area (Å²) in [5.41, 5.74) is 3.00. The van der Waals surface area contributed by atoms with Crippen molar-refractivity contribution in [3.05, 3.63) is 106 Å². The molecule has 0 saturated heterocycles. The molecule has 0 fully saturated rings. The van der Waals surface area contributed by atoms with E-state index in [1.165, 1.54) is 24.3 Å². The second-order valence-corrected chi connectivity index (χ2v) is 13.8. The fourth-order valence-electron chi connectivity index (χ4n) is 7.55. The van der Waals surface area contributed by atoms with Crippen LogP contribution in [0.15, 0.2) is 72.3 Å². The normalized spacial score (nSPS) is 22.6. The topological polar surface area (TPSA) is 160 Å². The van der Waals surface area contributed by atoms with Gasteiger partial charge in [-0.3, -0.25) is 0 Å². The lowest BCUT2D eigenvalue weighted by Gasteiger charge is -2.55. The van der Waals surface area contributed by atoms with E-state index in [9.17, 15) is 35.7 Å². The van der Waals surface area contributed by atoms with Crippen LogP contribution in [-0.4, -0.2) is 41.3 Å². The van der Waals surface area contributed by atoms with Gasteiger partial charge in [-0.25, -0.2) is 0 Å². The van der Waals surface area contributed by atoms with Crippen LogP contribution < -0.4 is 9.47 Å². The summed E-state index contributed by atoms with van der Waals surface area (Å²) in [6.07, 6.45) is 6.53. The number of fused-ring (bicyclic) bond motifs is 4. The van der Waals surface area contributed by atoms with Crippen LogP contribution in [0, 0.1) is 5.92 Å². The number of hydrogen-bond acceptors (Lipinski definition) is 9. The van der Waals surface area contributed by atoms with Crippen molar-refractivity contribution in [1.29, 1.82) is 0 Å². The van der Waals surface area contributed by atoms with Gasteiger partial charge in [0.2, 0.25) is 0 Å². The first-order chi connectivity index (χ1) is 22.7. The number of allylic oxidation sites excluding steroid dienone is 2. The van der Waals surface area contributed by atoms with Crippen molar-refractivity contribution in [2.24, 2.45) is 5.92 Å². The highest BCUT2D eigenvalue weighted by molar-refractivity contribution is 5.75. The highest BCUT2D eigenvalue weighted by atomic mass is 16.7. The molecule has 7 N–H and O–H groups in total. The summed E-state index contributed by atoms with van der Waals surface area (Å²) in [6.45, 7) is 5.35. The lowest BCUT2D eigenvalue weighted by atomic mass is 9.61. The van der Waals surface area contributed by atoms with E-state index < -0.39 is 23.2 Å². The number of ether oxygens (including phenoxy) is 2. The number of aliphatic hydroxyl groups is 1. The molecule has 0 bridgehead atoms. The average Bonchev–Trinajstić information content (AvgIpc) is 2.99. The number of benzene rings is 4. The summed E-state index contributed by atoms with van der Waals surface area (Å²) >= 11 is 0. The van der Waals surface area contributed by atoms with Gasteiger partial charge < -0.3 is 45.2 Å². The van der Waals surface area contributed by atoms with Crippen molar-refractivity contribution in [2.45, 2.75) is 63.3 Å². The number of aromatic hydroxyl groups is 6. The van der Waals surface area contributed by atoms with E-state index in [0.29, 0.717) is 34.6 Å². The molecule has 2 aliphatic heterocycles. The van der Waals surface area contributed by atoms with Crippen LogP contribution in [0.2, 0.25) is 0 Å². The van der Waals surface area contributed by atoms with Crippen LogP contribution in [0.3, 0.4) is 0 Å². The Bertz CT molecular complexity index is 2000. The average molecular weight is 651 g/mol. The van der Waals surface area contributed by atoms with Crippen LogP contribution in [0.1, 0.15) is 78.8 Å². The number of hydrogen-bond donors (Lipinski definition) is 7. The fourth-order valence-corrected chi connectivity index (χ4v) is 7.55. The molecule has 0 aromatic heterocycles. The standard InChI is InChI=1S/C39H38O9/c1-20-14-27-25-9-8-24(41)19-33(25)47-39(29-10-11-30(42)26(37(29)45)12-13-38(2,3)46)36(27)28(15-20)35-32(44)16-21(17-34(35)48-39)4-5-22-6-7-23(40)18-31(22)43/h4-11,15-19,27-28,36,40-46H,12-14H2,1-3H3/b5-4+/t27-,28-,36-,39?/m1/s1. The highest BCUT2D eigenvalue weighted by Gasteiger charge is 2.62. The van der Waals surface area contributed by atoms with Gasteiger partial charge >= 0.3 is 0 Å². The zero-order valence-corrected chi connectivity index (χ0v) is 26.8. The molecule has 0 spiro atoms. The summed E-state index contributed by atoms with van der Waals surface area (Å²) in [6, 6.07) is 15.7. The van der Waals surface area contributed by atoms with Crippen molar-refractivity contribution in [2.75, 3.05) is 0 Å². The first-order valence-electron chi connectivity index (χ1n) is 16.0. The molecule has 1 aliphatic carbocycles. The van der Waals surface area contributed by atoms with Crippen molar-refractivity contribution in [1.82, 2.24) is 0 Å². The molecule has 0 amide bonds. The molecule has 4 aromatic carbocycles. The zero-order valence-electron chi connectivity index (χ0n) is 26.8. The Kier molecular flexibility index (Phi) is 7.29. The van der Waals surface area contributed by atoms with Crippen LogP contribution in [0.4, 0.5) is 0 Å². The highest BCUT2D eigenvalue weighted by Crippen LogP contribution is 2.65. The molecule has 248 valence electrons. The second kappa shape index (κ2) is 11.2. The maximum atomic E-state index is 11.9. The number of phenolic OH excluding ortho intramolecular Hbond substituents is 6. The molecule has 4 aromatic rings. The van der Waals surface area contributed by atoms with Crippen molar-refractivity contribution < 1.29 is 45.2 Å². The Morgan fingerprint density at radius 3 is 2.29 bits per heavy atom. The van der Waals surface area contributed by atoms with Gasteiger partial charge in [-0.1, -0.05) is 29.9 Å².